The van der Waals surface area contributed by atoms with Crippen LogP contribution in [0.15, 0.2) is 4.99 Å². The molecular weight excluding hydrogens is 286 g/mol. The van der Waals surface area contributed by atoms with Gasteiger partial charge >= 0.3 is 12.0 Å². The number of carboxylic acids is 1. The highest BCUT2D eigenvalue weighted by molar-refractivity contribution is 8.00. The lowest BCUT2D eigenvalue weighted by Crippen LogP contribution is -2.36. The van der Waals surface area contributed by atoms with Crippen molar-refractivity contribution < 1.29 is 14.7 Å². The van der Waals surface area contributed by atoms with Crippen LogP contribution in [0.25, 0.3) is 0 Å². The fourth-order valence-corrected chi connectivity index (χ4v) is 4.13. The highest BCUT2D eigenvalue weighted by atomic mass is 32.2. The Morgan fingerprint density at radius 1 is 1.63 bits per heavy atom. The molecule has 0 saturated carbocycles. The normalized spacial score (nSPS) is 29.9. The molecule has 104 valence electrons. The van der Waals surface area contributed by atoms with Crippen LogP contribution in [0.5, 0.6) is 0 Å². The van der Waals surface area contributed by atoms with E-state index in [0.29, 0.717) is 11.7 Å². The van der Waals surface area contributed by atoms with Crippen molar-refractivity contribution in [2.45, 2.75) is 42.6 Å². The standard InChI is InChI=1S/C11H15N3O3S2/c15-10(16)6(12-5-18)2-1-3-8-9-7(4-19-8)13-11(17)14-9/h6-9H,1-4H2,(H,15,16)(H2,13,14,17)/t6?,7-,8-,9-/m0/s1. The van der Waals surface area contributed by atoms with E-state index in [1.165, 1.54) is 0 Å². The number of carboxylic acid groups (broad SMARTS) is 1. The Morgan fingerprint density at radius 2 is 2.42 bits per heavy atom. The summed E-state index contributed by atoms with van der Waals surface area (Å²) < 4.78 is 0. The first-order valence-electron chi connectivity index (χ1n) is 6.10. The molecule has 4 atom stereocenters. The second kappa shape index (κ2) is 6.36. The monoisotopic (exact) mass is 301 g/mol. The fourth-order valence-electron chi connectivity index (χ4n) is 2.46. The van der Waals surface area contributed by atoms with Crippen LogP contribution in [0.4, 0.5) is 4.79 Å². The molecule has 0 aromatic carbocycles. The van der Waals surface area contributed by atoms with Gasteiger partial charge in [0, 0.05) is 11.0 Å². The van der Waals surface area contributed by atoms with E-state index >= 15 is 0 Å². The average molecular weight is 301 g/mol. The number of hydrogen-bond acceptors (Lipinski definition) is 5. The molecule has 2 heterocycles. The van der Waals surface area contributed by atoms with Gasteiger partial charge in [-0.2, -0.15) is 11.8 Å². The van der Waals surface area contributed by atoms with Crippen LogP contribution in [0.1, 0.15) is 19.3 Å². The van der Waals surface area contributed by atoms with Gasteiger partial charge in [0.15, 0.2) is 6.04 Å². The second-order valence-electron chi connectivity index (χ2n) is 4.63. The number of thiocarbonyl (C=S) groups is 1. The quantitative estimate of drug-likeness (QED) is 0.385. The summed E-state index contributed by atoms with van der Waals surface area (Å²) in [4.78, 5) is 25.7. The maximum Gasteiger partial charge on any atom is 0.329 e. The predicted octanol–water partition coefficient (Wildman–Crippen LogP) is 0.878. The van der Waals surface area contributed by atoms with Gasteiger partial charge in [-0.25, -0.2) is 14.6 Å². The number of nitrogens with zero attached hydrogens (tertiary/aromatic N) is 1. The molecule has 2 amide bonds. The maximum atomic E-state index is 11.2. The molecule has 3 N–H and O–H groups in total. The summed E-state index contributed by atoms with van der Waals surface area (Å²) in [5, 5.41) is 17.2. The van der Waals surface area contributed by atoms with Gasteiger partial charge in [-0.3, -0.25) is 0 Å². The number of hydrogen-bond donors (Lipinski definition) is 3. The number of thioether (sulfide) groups is 1. The van der Waals surface area contributed by atoms with Crippen LogP contribution in [0.3, 0.4) is 0 Å². The van der Waals surface area contributed by atoms with E-state index < -0.39 is 12.0 Å². The van der Waals surface area contributed by atoms with Crippen molar-refractivity contribution in [1.29, 1.82) is 0 Å². The number of amides is 2. The van der Waals surface area contributed by atoms with Crippen LogP contribution < -0.4 is 10.6 Å². The predicted molar refractivity (Wildman–Crippen MR) is 75.8 cm³/mol. The van der Waals surface area contributed by atoms with Crippen molar-refractivity contribution in [2.24, 2.45) is 4.99 Å². The van der Waals surface area contributed by atoms with Gasteiger partial charge in [0.1, 0.15) is 0 Å². The van der Waals surface area contributed by atoms with Crippen LogP contribution in [-0.2, 0) is 4.79 Å². The summed E-state index contributed by atoms with van der Waals surface area (Å²) in [6, 6.07) is -0.531. The third-order valence-corrected chi connectivity index (χ3v) is 5.01. The van der Waals surface area contributed by atoms with Crippen molar-refractivity contribution in [2.75, 3.05) is 5.75 Å². The Hall–Kier alpha value is -1.11. The Kier molecular flexibility index (Phi) is 4.79. The van der Waals surface area contributed by atoms with Gasteiger partial charge in [0.2, 0.25) is 0 Å². The van der Waals surface area contributed by atoms with E-state index in [1.54, 1.807) is 0 Å². The number of isothiocyanates is 1. The van der Waals surface area contributed by atoms with Crippen LogP contribution in [0.2, 0.25) is 0 Å². The largest absolute Gasteiger partial charge is 0.480 e. The zero-order chi connectivity index (χ0) is 13.8. The zero-order valence-corrected chi connectivity index (χ0v) is 11.8. The number of nitrogens with one attached hydrogen (secondary N) is 2. The van der Waals surface area contributed by atoms with Gasteiger partial charge in [0.25, 0.3) is 0 Å². The van der Waals surface area contributed by atoms with E-state index in [1.807, 2.05) is 11.8 Å². The van der Waals surface area contributed by atoms with Gasteiger partial charge in [-0.1, -0.05) is 0 Å². The van der Waals surface area contributed by atoms with Gasteiger partial charge in [-0.05, 0) is 31.5 Å². The number of carbonyl (C=O) groups excluding carboxylic acids is 1. The molecule has 0 bridgehead atoms. The van der Waals surface area contributed by atoms with E-state index in [0.717, 1.165) is 18.6 Å². The number of aliphatic imine (C=N–C) groups is 1. The number of aliphatic carboxylic acids is 1. The molecule has 8 heteroatoms. The number of carbonyl (C=O) groups is 2. The first kappa shape index (κ1) is 14.3. The Bertz CT molecular complexity index is 423. The highest BCUT2D eigenvalue weighted by Crippen LogP contribution is 2.33. The first-order valence-corrected chi connectivity index (χ1v) is 7.56. The van der Waals surface area contributed by atoms with E-state index in [2.05, 4.69) is 33.0 Å². The van der Waals surface area contributed by atoms with Gasteiger partial charge < -0.3 is 15.7 Å². The lowest BCUT2D eigenvalue weighted by Gasteiger charge is -2.16. The number of fused-ring (bicyclic) bond motifs is 1. The molecule has 1 unspecified atom stereocenters. The molecule has 2 rings (SSSR count). The summed E-state index contributed by atoms with van der Waals surface area (Å²) in [6.07, 6.45) is 2.06. The molecule has 0 aliphatic carbocycles. The molecule has 2 aliphatic rings. The first-order chi connectivity index (χ1) is 9.11. The van der Waals surface area contributed by atoms with E-state index in [-0.39, 0.29) is 18.1 Å². The summed E-state index contributed by atoms with van der Waals surface area (Å²) >= 11 is 6.26. The molecule has 19 heavy (non-hydrogen) atoms. The van der Waals surface area contributed by atoms with Gasteiger partial charge in [-0.15, -0.1) is 0 Å². The lowest BCUT2D eigenvalue weighted by molar-refractivity contribution is -0.138. The molecule has 0 radical (unpaired) electrons. The molecule has 0 aromatic heterocycles. The Morgan fingerprint density at radius 3 is 3.11 bits per heavy atom. The van der Waals surface area contributed by atoms with Crippen molar-refractivity contribution in [3.05, 3.63) is 0 Å². The van der Waals surface area contributed by atoms with Crippen LogP contribution in [0, 0.1) is 0 Å². The topological polar surface area (TPSA) is 90.8 Å². The number of rotatable bonds is 6. The summed E-state index contributed by atoms with van der Waals surface area (Å²) in [5.74, 6) is -0.0562. The molecule has 6 nitrogen and oxygen atoms in total. The Balaban J connectivity index is 1.78. The van der Waals surface area contributed by atoms with E-state index in [4.69, 9.17) is 5.11 Å². The third kappa shape index (κ3) is 3.46. The number of urea groups is 1. The van der Waals surface area contributed by atoms with Crippen LogP contribution >= 0.6 is 24.0 Å². The minimum Gasteiger partial charge on any atom is -0.480 e. The SMILES string of the molecule is O=C1N[C@H]2[C@H](CS[C@H]2CCCC(N=C=S)C(=O)O)N1. The molecule has 0 aromatic rings. The van der Waals surface area contributed by atoms with Gasteiger partial charge in [0.05, 0.1) is 17.2 Å². The van der Waals surface area contributed by atoms with Crippen molar-refractivity contribution in [3.63, 3.8) is 0 Å². The van der Waals surface area contributed by atoms with Crippen LogP contribution in [-0.4, -0.2) is 51.4 Å². The summed E-state index contributed by atoms with van der Waals surface area (Å²) in [6.45, 7) is 0. The average Bonchev–Trinajstić information content (AvgIpc) is 2.88. The highest BCUT2D eigenvalue weighted by Gasteiger charge is 2.42. The third-order valence-electron chi connectivity index (χ3n) is 3.40. The maximum absolute atomic E-state index is 11.2. The Labute approximate surface area is 120 Å². The van der Waals surface area contributed by atoms with Crippen molar-refractivity contribution in [3.8, 4) is 0 Å². The van der Waals surface area contributed by atoms with Crippen molar-refractivity contribution >= 4 is 41.1 Å². The molecule has 2 aliphatic heterocycles. The molecular formula is C11H15N3O3S2. The van der Waals surface area contributed by atoms with E-state index in [9.17, 15) is 9.59 Å². The minimum absolute atomic E-state index is 0.103. The molecule has 2 fully saturated rings. The molecule has 2 saturated heterocycles. The second-order valence-corrected chi connectivity index (χ2v) is 6.08. The lowest BCUT2D eigenvalue weighted by atomic mass is 10.0. The molecule has 0 spiro atoms. The zero-order valence-electron chi connectivity index (χ0n) is 10.2. The summed E-state index contributed by atoms with van der Waals surface area (Å²) in [5.41, 5.74) is 0. The summed E-state index contributed by atoms with van der Waals surface area (Å²) in [7, 11) is 0. The van der Waals surface area contributed by atoms with Crippen molar-refractivity contribution in [1.82, 2.24) is 10.6 Å². The fraction of sp³-hybridized carbons (Fsp3) is 0.727. The minimum atomic E-state index is -0.967. The smallest absolute Gasteiger partial charge is 0.329 e.